The van der Waals surface area contributed by atoms with E-state index >= 15 is 0 Å². The lowest BCUT2D eigenvalue weighted by molar-refractivity contribution is 0.111. The van der Waals surface area contributed by atoms with Crippen LogP contribution in [0.1, 0.15) is 16.1 Å². The molecule has 0 radical (unpaired) electrons. The molecule has 3 nitrogen and oxygen atoms in total. The molecule has 3 rings (SSSR count). The van der Waals surface area contributed by atoms with E-state index < -0.39 is 0 Å². The molecule has 3 aromatic rings. The fourth-order valence-electron chi connectivity index (χ4n) is 1.97. The van der Waals surface area contributed by atoms with E-state index in [1.54, 1.807) is 6.20 Å². The van der Waals surface area contributed by atoms with Crippen molar-refractivity contribution in [2.45, 2.75) is 6.92 Å². The van der Waals surface area contributed by atoms with Crippen LogP contribution >= 0.6 is 0 Å². The molecule has 0 N–H and O–H groups in total. The summed E-state index contributed by atoms with van der Waals surface area (Å²) < 4.78 is 1.94. The third-order valence-electron chi connectivity index (χ3n) is 2.73. The Morgan fingerprint density at radius 3 is 2.94 bits per heavy atom. The highest BCUT2D eigenvalue weighted by molar-refractivity contribution is 5.84. The van der Waals surface area contributed by atoms with Crippen LogP contribution in [0.15, 0.2) is 36.5 Å². The average molecular weight is 210 g/mol. The van der Waals surface area contributed by atoms with Crippen LogP contribution in [0.3, 0.4) is 0 Å². The Bertz CT molecular complexity index is 698. The normalized spacial score (nSPS) is 11.1. The fourth-order valence-corrected chi connectivity index (χ4v) is 1.97. The maximum absolute atomic E-state index is 10.7. The molecule has 2 heterocycles. The summed E-state index contributed by atoms with van der Waals surface area (Å²) in [7, 11) is 0. The average Bonchev–Trinajstić information content (AvgIpc) is 2.71. The van der Waals surface area contributed by atoms with E-state index in [1.165, 1.54) is 5.56 Å². The predicted molar refractivity (Wildman–Crippen MR) is 62.8 cm³/mol. The van der Waals surface area contributed by atoms with Crippen LogP contribution in [0, 0.1) is 6.92 Å². The van der Waals surface area contributed by atoms with Crippen LogP contribution in [0.5, 0.6) is 0 Å². The van der Waals surface area contributed by atoms with Crippen molar-refractivity contribution in [3.05, 3.63) is 47.8 Å². The minimum atomic E-state index is 0.466. The topological polar surface area (TPSA) is 34.4 Å². The molecule has 0 aliphatic rings. The van der Waals surface area contributed by atoms with Gasteiger partial charge in [0.15, 0.2) is 6.29 Å². The molecule has 3 heteroatoms. The molecule has 0 unspecified atom stereocenters. The number of pyridine rings is 1. The number of aromatic nitrogens is 2. The van der Waals surface area contributed by atoms with E-state index in [2.05, 4.69) is 24.0 Å². The zero-order chi connectivity index (χ0) is 11.1. The number of hydrogen-bond donors (Lipinski definition) is 0. The first-order chi connectivity index (χ1) is 7.78. The second kappa shape index (κ2) is 3.17. The van der Waals surface area contributed by atoms with Crippen LogP contribution in [0.25, 0.3) is 16.6 Å². The first-order valence-corrected chi connectivity index (χ1v) is 5.11. The summed E-state index contributed by atoms with van der Waals surface area (Å²) in [5, 5.41) is 1.15. The highest BCUT2D eigenvalue weighted by Crippen LogP contribution is 2.18. The van der Waals surface area contributed by atoms with Crippen molar-refractivity contribution in [1.29, 1.82) is 0 Å². The lowest BCUT2D eigenvalue weighted by Crippen LogP contribution is -1.86. The Morgan fingerprint density at radius 1 is 1.25 bits per heavy atom. The van der Waals surface area contributed by atoms with Gasteiger partial charge in [-0.3, -0.25) is 9.20 Å². The lowest BCUT2D eigenvalue weighted by atomic mass is 10.1. The molecule has 0 amide bonds. The maximum atomic E-state index is 10.7. The van der Waals surface area contributed by atoms with Crippen LogP contribution in [-0.4, -0.2) is 15.7 Å². The summed E-state index contributed by atoms with van der Waals surface area (Å²) >= 11 is 0. The molecule has 0 spiro atoms. The highest BCUT2D eigenvalue weighted by atomic mass is 16.1. The molecule has 0 aliphatic carbocycles. The number of aryl methyl sites for hydroxylation is 1. The van der Waals surface area contributed by atoms with Crippen molar-refractivity contribution in [1.82, 2.24) is 9.38 Å². The third kappa shape index (κ3) is 1.21. The van der Waals surface area contributed by atoms with Gasteiger partial charge in [-0.15, -0.1) is 0 Å². The number of benzene rings is 1. The van der Waals surface area contributed by atoms with Gasteiger partial charge in [-0.25, -0.2) is 4.98 Å². The molecule has 16 heavy (non-hydrogen) atoms. The van der Waals surface area contributed by atoms with Gasteiger partial charge >= 0.3 is 0 Å². The molecule has 1 aromatic carbocycles. The van der Waals surface area contributed by atoms with Crippen LogP contribution in [0.4, 0.5) is 0 Å². The number of aldehydes is 1. The number of fused-ring (bicyclic) bond motifs is 3. The second-order valence-corrected chi connectivity index (χ2v) is 3.91. The number of rotatable bonds is 1. The van der Waals surface area contributed by atoms with Crippen LogP contribution in [0.2, 0.25) is 0 Å². The number of carbonyl (C=O) groups excluding carboxylic acids is 1. The Labute approximate surface area is 92.3 Å². The Morgan fingerprint density at radius 2 is 2.12 bits per heavy atom. The van der Waals surface area contributed by atoms with Crippen molar-refractivity contribution < 1.29 is 4.79 Å². The summed E-state index contributed by atoms with van der Waals surface area (Å²) in [6.07, 6.45) is 2.53. The molecule has 0 aliphatic heterocycles. The summed E-state index contributed by atoms with van der Waals surface area (Å²) in [6.45, 7) is 2.06. The van der Waals surface area contributed by atoms with E-state index in [4.69, 9.17) is 0 Å². The van der Waals surface area contributed by atoms with Gasteiger partial charge in [0.05, 0.1) is 5.52 Å². The van der Waals surface area contributed by atoms with Crippen molar-refractivity contribution in [2.75, 3.05) is 0 Å². The molecule has 2 aromatic heterocycles. The lowest BCUT2D eigenvalue weighted by Gasteiger charge is -2.02. The zero-order valence-electron chi connectivity index (χ0n) is 8.84. The third-order valence-corrected chi connectivity index (χ3v) is 2.73. The van der Waals surface area contributed by atoms with Gasteiger partial charge in [0.2, 0.25) is 0 Å². The SMILES string of the molecule is Cc1ccc2c(ccc3nc(C=O)cn32)c1. The van der Waals surface area contributed by atoms with E-state index in [-0.39, 0.29) is 0 Å². The summed E-state index contributed by atoms with van der Waals surface area (Å²) in [5.74, 6) is 0. The van der Waals surface area contributed by atoms with Gasteiger partial charge in [-0.2, -0.15) is 0 Å². The van der Waals surface area contributed by atoms with Crippen LogP contribution < -0.4 is 0 Å². The molecule has 78 valence electrons. The number of nitrogens with zero attached hydrogens (tertiary/aromatic N) is 2. The summed E-state index contributed by atoms with van der Waals surface area (Å²) in [5.41, 5.74) is 3.57. The van der Waals surface area contributed by atoms with Crippen LogP contribution in [-0.2, 0) is 0 Å². The molecular weight excluding hydrogens is 200 g/mol. The molecule has 0 bridgehead atoms. The van der Waals surface area contributed by atoms with E-state index in [0.29, 0.717) is 5.69 Å². The molecule has 0 atom stereocenters. The first kappa shape index (κ1) is 9.09. The highest BCUT2D eigenvalue weighted by Gasteiger charge is 2.03. The van der Waals surface area contributed by atoms with E-state index in [9.17, 15) is 4.79 Å². The summed E-state index contributed by atoms with van der Waals surface area (Å²) in [6, 6.07) is 10.2. The monoisotopic (exact) mass is 210 g/mol. The van der Waals surface area contributed by atoms with Crippen molar-refractivity contribution in [2.24, 2.45) is 0 Å². The van der Waals surface area contributed by atoms with Gasteiger partial charge in [0.25, 0.3) is 0 Å². The zero-order valence-corrected chi connectivity index (χ0v) is 8.84. The smallest absolute Gasteiger partial charge is 0.170 e. The molecule has 0 saturated carbocycles. The molecule has 0 saturated heterocycles. The maximum Gasteiger partial charge on any atom is 0.170 e. The standard InChI is InChI=1S/C13H10N2O/c1-9-2-4-12-10(6-9)3-5-13-14-11(8-16)7-15(12)13/h2-8H,1H3. The minimum absolute atomic E-state index is 0.466. The van der Waals surface area contributed by atoms with Gasteiger partial charge < -0.3 is 0 Å². The number of hydrogen-bond acceptors (Lipinski definition) is 2. The minimum Gasteiger partial charge on any atom is -0.299 e. The van der Waals surface area contributed by atoms with Crippen molar-refractivity contribution >= 4 is 22.8 Å². The summed E-state index contributed by atoms with van der Waals surface area (Å²) in [4.78, 5) is 14.9. The Hall–Kier alpha value is -2.16. The van der Waals surface area contributed by atoms with Gasteiger partial charge in [-0.05, 0) is 36.6 Å². The fraction of sp³-hybridized carbons (Fsp3) is 0.0769. The van der Waals surface area contributed by atoms with Crippen molar-refractivity contribution in [3.63, 3.8) is 0 Å². The molecule has 0 fully saturated rings. The van der Waals surface area contributed by atoms with Gasteiger partial charge in [-0.1, -0.05) is 11.6 Å². The number of carbonyl (C=O) groups is 1. The largest absolute Gasteiger partial charge is 0.299 e. The molecular formula is C13H10N2O. The quantitative estimate of drug-likeness (QED) is 0.578. The number of imidazole rings is 1. The van der Waals surface area contributed by atoms with E-state index in [0.717, 1.165) is 22.8 Å². The van der Waals surface area contributed by atoms with E-state index in [1.807, 2.05) is 22.6 Å². The first-order valence-electron chi connectivity index (χ1n) is 5.11. The second-order valence-electron chi connectivity index (χ2n) is 3.91. The Kier molecular flexibility index (Phi) is 1.80. The van der Waals surface area contributed by atoms with Crippen molar-refractivity contribution in [3.8, 4) is 0 Å². The van der Waals surface area contributed by atoms with Gasteiger partial charge in [0.1, 0.15) is 11.3 Å². The predicted octanol–water partition coefficient (Wildman–Crippen LogP) is 2.61. The van der Waals surface area contributed by atoms with Gasteiger partial charge in [0, 0.05) is 6.20 Å². The Balaban J connectivity index is 2.48.